The third-order valence-corrected chi connectivity index (χ3v) is 0.500. The van der Waals surface area contributed by atoms with Crippen LogP contribution in [0.25, 0.3) is 0 Å². The first kappa shape index (κ1) is 15.7. The van der Waals surface area contributed by atoms with E-state index in [0.29, 0.717) is 0 Å². The summed E-state index contributed by atoms with van der Waals surface area (Å²) >= 11 is 0. The maximum atomic E-state index is 3.64. The van der Waals surface area contributed by atoms with Crippen molar-refractivity contribution < 1.29 is 22.0 Å². The maximum absolute atomic E-state index is 3.64. The largest absolute Gasteiger partial charge is 2.00 e. The van der Waals surface area contributed by atoms with Crippen LogP contribution < -0.4 is 0 Å². The Balaban J connectivity index is -0.0000000800. The zero-order chi connectivity index (χ0) is 4.12. The molecule has 2 heteroatoms. The maximum Gasteiger partial charge on any atom is 2.00 e. The molecule has 0 saturated carbocycles. The quantitative estimate of drug-likeness (QED) is 0.412. The molecule has 0 heterocycles. The van der Waals surface area contributed by atoms with E-state index >= 15 is 0 Å². The summed E-state index contributed by atoms with van der Waals surface area (Å²) in [7, 11) is 0. The smallest absolute Gasteiger partial charge is 0.412 e. The molecule has 0 aromatic carbocycles. The Hall–Kier alpha value is 0.454. The molecule has 0 aromatic heterocycles. The fourth-order valence-corrected chi connectivity index (χ4v) is 0.177. The standard InChI is InChI=1S/C5H10.Ni.H2O/c1-3-5-4-2;;/h1-5H2;;1H2/q-2;+2;. The summed E-state index contributed by atoms with van der Waals surface area (Å²) in [5.74, 6) is 0. The first-order valence-corrected chi connectivity index (χ1v) is 2.00. The zero-order valence-corrected chi connectivity index (χ0v) is 5.34. The monoisotopic (exact) mass is 146 g/mol. The SMILES string of the molecule is O.[CH2-]CCC[CH2-].[Ni+2]. The van der Waals surface area contributed by atoms with Crippen LogP contribution in [0, 0.1) is 13.8 Å². The summed E-state index contributed by atoms with van der Waals surface area (Å²) in [6.07, 6.45) is 3.23. The van der Waals surface area contributed by atoms with Gasteiger partial charge in [-0.2, -0.15) is 12.8 Å². The molecule has 0 radical (unpaired) electrons. The van der Waals surface area contributed by atoms with Crippen molar-refractivity contribution in [1.82, 2.24) is 0 Å². The van der Waals surface area contributed by atoms with Gasteiger partial charge in [0.1, 0.15) is 0 Å². The van der Waals surface area contributed by atoms with Gasteiger partial charge in [0.2, 0.25) is 0 Å². The molecule has 2 N–H and O–H groups in total. The average Bonchev–Trinajstić information content (AvgIpc) is 1.41. The molecule has 7 heavy (non-hydrogen) atoms. The van der Waals surface area contributed by atoms with Gasteiger partial charge in [-0.15, -0.1) is 6.42 Å². The van der Waals surface area contributed by atoms with Crippen LogP contribution in [-0.2, 0) is 16.5 Å². The van der Waals surface area contributed by atoms with Crippen LogP contribution in [0.5, 0.6) is 0 Å². The van der Waals surface area contributed by atoms with E-state index in [0.717, 1.165) is 12.8 Å². The van der Waals surface area contributed by atoms with Crippen LogP contribution in [0.2, 0.25) is 0 Å². The van der Waals surface area contributed by atoms with Gasteiger partial charge in [0.05, 0.1) is 0 Å². The van der Waals surface area contributed by atoms with Gasteiger partial charge in [-0.3, -0.25) is 0 Å². The fraction of sp³-hybridized carbons (Fsp3) is 0.600. The van der Waals surface area contributed by atoms with E-state index < -0.39 is 0 Å². The minimum absolute atomic E-state index is 0. The molecule has 48 valence electrons. The predicted molar refractivity (Wildman–Crippen MR) is 28.2 cm³/mol. The Morgan fingerprint density at radius 3 is 1.29 bits per heavy atom. The minimum Gasteiger partial charge on any atom is -0.412 e. The van der Waals surface area contributed by atoms with E-state index in [-0.39, 0.29) is 22.0 Å². The summed E-state index contributed by atoms with van der Waals surface area (Å²) in [4.78, 5) is 0. The van der Waals surface area contributed by atoms with E-state index in [2.05, 4.69) is 13.8 Å². The molecule has 0 fully saturated rings. The number of hydrogen-bond acceptors (Lipinski definition) is 0. The van der Waals surface area contributed by atoms with E-state index in [4.69, 9.17) is 0 Å². The molecule has 0 atom stereocenters. The molecule has 0 aliphatic carbocycles. The summed E-state index contributed by atoms with van der Waals surface area (Å²) in [6, 6.07) is 0. The minimum atomic E-state index is 0. The van der Waals surface area contributed by atoms with Crippen molar-refractivity contribution in [2.75, 3.05) is 0 Å². The van der Waals surface area contributed by atoms with Gasteiger partial charge in [-0.05, 0) is 0 Å². The van der Waals surface area contributed by atoms with Crippen LogP contribution >= 0.6 is 0 Å². The Labute approximate surface area is 55.7 Å². The first-order valence-electron chi connectivity index (χ1n) is 2.00. The van der Waals surface area contributed by atoms with Crippen LogP contribution in [0.15, 0.2) is 0 Å². The molecule has 0 spiro atoms. The van der Waals surface area contributed by atoms with Gasteiger partial charge in [0.25, 0.3) is 0 Å². The third-order valence-electron chi connectivity index (χ3n) is 0.500. The molecule has 1 nitrogen and oxygen atoms in total. The van der Waals surface area contributed by atoms with Gasteiger partial charge in [0, 0.05) is 0 Å². The van der Waals surface area contributed by atoms with Crippen LogP contribution in [0.1, 0.15) is 19.3 Å². The van der Waals surface area contributed by atoms with Crippen molar-refractivity contribution in [3.8, 4) is 0 Å². The average molecular weight is 147 g/mol. The summed E-state index contributed by atoms with van der Waals surface area (Å²) in [5.41, 5.74) is 0. The molecule has 0 aliphatic heterocycles. The normalized spacial score (nSPS) is 6.00. The molecule has 0 rings (SSSR count). The van der Waals surface area contributed by atoms with E-state index in [1.165, 1.54) is 6.42 Å². The topological polar surface area (TPSA) is 31.5 Å². The Bertz CT molecular complexity index is 15.6. The predicted octanol–water partition coefficient (Wildman–Crippen LogP) is 0.998. The molecule has 0 aliphatic rings. The number of unbranched alkanes of at least 4 members (excludes halogenated alkanes) is 2. The Kier molecular flexibility index (Phi) is 36.0. The van der Waals surface area contributed by atoms with Gasteiger partial charge in [-0.25, -0.2) is 0 Å². The van der Waals surface area contributed by atoms with Crippen molar-refractivity contribution in [2.45, 2.75) is 19.3 Å². The van der Waals surface area contributed by atoms with Crippen molar-refractivity contribution in [1.29, 1.82) is 0 Å². The van der Waals surface area contributed by atoms with Gasteiger partial charge in [0.15, 0.2) is 0 Å². The van der Waals surface area contributed by atoms with Crippen molar-refractivity contribution in [2.24, 2.45) is 0 Å². The Morgan fingerprint density at radius 1 is 1.00 bits per heavy atom. The summed E-state index contributed by atoms with van der Waals surface area (Å²) in [5, 5.41) is 0. The van der Waals surface area contributed by atoms with Crippen molar-refractivity contribution in [3.63, 3.8) is 0 Å². The van der Waals surface area contributed by atoms with Gasteiger partial charge in [-0.1, -0.05) is 0 Å². The van der Waals surface area contributed by atoms with Crippen molar-refractivity contribution in [3.05, 3.63) is 13.8 Å². The van der Waals surface area contributed by atoms with Crippen LogP contribution in [-0.4, -0.2) is 5.48 Å². The molecule has 0 saturated heterocycles. The molecule has 0 aromatic rings. The third kappa shape index (κ3) is 21.3. The van der Waals surface area contributed by atoms with Crippen LogP contribution in [0.4, 0.5) is 0 Å². The molecule has 0 bridgehead atoms. The van der Waals surface area contributed by atoms with E-state index in [1.54, 1.807) is 0 Å². The molecular weight excluding hydrogens is 135 g/mol. The Morgan fingerprint density at radius 2 is 1.29 bits per heavy atom. The molecule has 0 unspecified atom stereocenters. The first-order chi connectivity index (χ1) is 2.41. The summed E-state index contributed by atoms with van der Waals surface area (Å²) < 4.78 is 0. The zero-order valence-electron chi connectivity index (χ0n) is 4.35. The number of hydrogen-bond donors (Lipinski definition) is 0. The fourth-order valence-electron chi connectivity index (χ4n) is 0.177. The second kappa shape index (κ2) is 16.1. The summed E-state index contributed by atoms with van der Waals surface area (Å²) in [6.45, 7) is 7.27. The van der Waals surface area contributed by atoms with Gasteiger partial charge >= 0.3 is 16.5 Å². The van der Waals surface area contributed by atoms with Crippen LogP contribution in [0.3, 0.4) is 0 Å². The van der Waals surface area contributed by atoms with Crippen molar-refractivity contribution >= 4 is 0 Å². The molecule has 0 amide bonds. The second-order valence-electron chi connectivity index (χ2n) is 1.06. The van der Waals surface area contributed by atoms with E-state index in [9.17, 15) is 0 Å². The van der Waals surface area contributed by atoms with Gasteiger partial charge < -0.3 is 19.3 Å². The second-order valence-corrected chi connectivity index (χ2v) is 1.06. The number of rotatable bonds is 2. The molecular formula is C5H12NiO. The van der Waals surface area contributed by atoms with E-state index in [1.807, 2.05) is 0 Å².